The van der Waals surface area contributed by atoms with E-state index in [1.54, 1.807) is 0 Å². The molecule has 6 nitrogen and oxygen atoms in total. The highest BCUT2D eigenvalue weighted by Gasteiger charge is 2.47. The third-order valence-electron chi connectivity index (χ3n) is 12.0. The van der Waals surface area contributed by atoms with E-state index in [1.807, 2.05) is 12.2 Å². The third kappa shape index (κ3) is 8.77. The van der Waals surface area contributed by atoms with Gasteiger partial charge in [-0.1, -0.05) is 74.1 Å². The molecule has 0 radical (unpaired) electrons. The van der Waals surface area contributed by atoms with E-state index in [0.717, 1.165) is 100 Å². The van der Waals surface area contributed by atoms with Crippen LogP contribution in [0.4, 0.5) is 0 Å². The predicted octanol–water partition coefficient (Wildman–Crippen LogP) is 10.3. The number of rotatable bonds is 12. The van der Waals surface area contributed by atoms with Crippen molar-refractivity contribution in [3.05, 3.63) is 58.1 Å². The highest BCUT2D eigenvalue weighted by molar-refractivity contribution is 6.21. The zero-order valence-corrected chi connectivity index (χ0v) is 32.9. The molecule has 6 unspecified atom stereocenters. The monoisotopic (exact) mass is 691 g/mol. The fraction of sp³-hybridized carbons (Fsp3) is 0.727. The van der Waals surface area contributed by atoms with Gasteiger partial charge in [0, 0.05) is 37.0 Å². The number of aliphatic hydroxyl groups is 1. The number of ether oxygens (including phenoxy) is 3. The maximum Gasteiger partial charge on any atom is 0.325 e. The molecule has 2 saturated carbocycles. The van der Waals surface area contributed by atoms with E-state index in [9.17, 15) is 9.90 Å². The Labute approximate surface area is 303 Å². The van der Waals surface area contributed by atoms with Gasteiger partial charge in [-0.15, -0.1) is 0 Å². The van der Waals surface area contributed by atoms with E-state index in [-0.39, 0.29) is 58.6 Å². The second-order valence-electron chi connectivity index (χ2n) is 17.7. The summed E-state index contributed by atoms with van der Waals surface area (Å²) < 4.78 is 26.1. The van der Waals surface area contributed by atoms with E-state index in [1.165, 1.54) is 0 Å². The van der Waals surface area contributed by atoms with Crippen LogP contribution < -0.4 is 0 Å². The molecule has 6 atom stereocenters. The maximum absolute atomic E-state index is 13.8. The number of Topliss-reactive ketones (excluding diaryl/α,β-unsaturated/α-hetero) is 1. The average molecular weight is 692 g/mol. The summed E-state index contributed by atoms with van der Waals surface area (Å²) in [5, 5.41) is 11.5. The normalized spacial score (nSPS) is 30.6. The Kier molecular flexibility index (Phi) is 12.5. The summed E-state index contributed by atoms with van der Waals surface area (Å²) in [7, 11) is 0. The second kappa shape index (κ2) is 16.1. The number of carbonyl (C=O) groups is 1. The van der Waals surface area contributed by atoms with Crippen LogP contribution in [0.2, 0.25) is 0 Å². The van der Waals surface area contributed by atoms with Crippen molar-refractivity contribution in [2.45, 2.75) is 158 Å². The number of hydrogen-bond donors (Lipinski definition) is 1. The van der Waals surface area contributed by atoms with Gasteiger partial charge in [0.05, 0.1) is 41.1 Å². The second-order valence-corrected chi connectivity index (χ2v) is 17.7. The smallest absolute Gasteiger partial charge is 0.325 e. The highest BCUT2D eigenvalue weighted by atomic mass is 16.5. The molecular formula is C44H67O6+. The SMILES string of the molecule is CCC(CC)COC1CCC2C(=CC3=C(O)C(=CC4=CC(C(C)(C)C)=[O+]C5CC(OCC(CC)CC)CCC45)C3=O)C=C(C(C)(C)C)OC2C1. The summed E-state index contributed by atoms with van der Waals surface area (Å²) in [5.41, 5.74) is 2.63. The molecule has 5 aliphatic rings. The van der Waals surface area contributed by atoms with Crippen LogP contribution in [0.5, 0.6) is 0 Å². The van der Waals surface area contributed by atoms with Gasteiger partial charge >= 0.3 is 5.78 Å². The summed E-state index contributed by atoms with van der Waals surface area (Å²) in [6, 6.07) is 0. The van der Waals surface area contributed by atoms with Crippen LogP contribution in [0.15, 0.2) is 58.1 Å². The molecule has 0 aromatic heterocycles. The number of aliphatic hydroxyl groups excluding tert-OH is 1. The molecule has 0 saturated heterocycles. The quantitative estimate of drug-likeness (QED) is 0.163. The standard InChI is InChI=1S/C44H66O6/c1-11-27(12-2)25-47-31-15-17-33-29(21-39(43(5,6)7)49-37(33)23-31)19-35-41(45)36(42(35)46)20-30-22-40(44(8,9)10)50-38-24-32(16-18-34(30)38)48-26-28(13-3)14-4/h19-22,27-28,31-34,37-38H,11-18,23-26H2,1-10H3/p+1. The van der Waals surface area contributed by atoms with Crippen LogP contribution >= 0.6 is 0 Å². The summed E-state index contributed by atoms with van der Waals surface area (Å²) >= 11 is 0. The first kappa shape index (κ1) is 38.8. The first-order chi connectivity index (χ1) is 23.7. The first-order valence-corrected chi connectivity index (χ1v) is 20.0. The molecule has 278 valence electrons. The number of hydrogen-bond acceptors (Lipinski definition) is 5. The van der Waals surface area contributed by atoms with Crippen LogP contribution in [0.3, 0.4) is 0 Å². The summed E-state index contributed by atoms with van der Waals surface area (Å²) in [6.07, 6.45) is 18.5. The van der Waals surface area contributed by atoms with E-state index >= 15 is 0 Å². The van der Waals surface area contributed by atoms with Crippen LogP contribution in [0, 0.1) is 34.5 Å². The van der Waals surface area contributed by atoms with Gasteiger partial charge < -0.3 is 19.3 Å². The van der Waals surface area contributed by atoms with Gasteiger partial charge in [0.15, 0.2) is 0 Å². The van der Waals surface area contributed by atoms with Crippen molar-refractivity contribution in [2.75, 3.05) is 13.2 Å². The lowest BCUT2D eigenvalue weighted by atomic mass is 9.73. The molecular weight excluding hydrogens is 624 g/mol. The van der Waals surface area contributed by atoms with E-state index in [0.29, 0.717) is 23.0 Å². The zero-order valence-electron chi connectivity index (χ0n) is 32.9. The molecule has 3 aliphatic carbocycles. The average Bonchev–Trinajstić information content (AvgIpc) is 3.08. The highest BCUT2D eigenvalue weighted by Crippen LogP contribution is 2.45. The van der Waals surface area contributed by atoms with Gasteiger partial charge in [0.2, 0.25) is 5.78 Å². The van der Waals surface area contributed by atoms with Gasteiger partial charge in [-0.3, -0.25) is 9.22 Å². The molecule has 2 fully saturated rings. The van der Waals surface area contributed by atoms with Gasteiger partial charge in [-0.25, -0.2) is 0 Å². The maximum atomic E-state index is 13.8. The molecule has 2 heterocycles. The Balaban J connectivity index is 1.37. The molecule has 0 spiro atoms. The summed E-state index contributed by atoms with van der Waals surface area (Å²) in [4.78, 5) is 13.8. The van der Waals surface area contributed by atoms with Crippen molar-refractivity contribution < 1.29 is 28.5 Å². The van der Waals surface area contributed by atoms with Crippen LogP contribution in [-0.4, -0.2) is 54.3 Å². The lowest BCUT2D eigenvalue weighted by Crippen LogP contribution is -2.41. The summed E-state index contributed by atoms with van der Waals surface area (Å²) in [6.45, 7) is 23.5. The number of fused-ring (bicyclic) bond motifs is 2. The molecule has 1 N–H and O–H groups in total. The van der Waals surface area contributed by atoms with E-state index in [4.69, 9.17) is 18.6 Å². The number of carbonyl (C=O) groups excluding carboxylic acids is 2. The Morgan fingerprint density at radius 1 is 0.820 bits per heavy atom. The van der Waals surface area contributed by atoms with Gasteiger partial charge in [-0.05, 0) is 87.7 Å². The lowest BCUT2D eigenvalue weighted by Gasteiger charge is -2.43. The van der Waals surface area contributed by atoms with E-state index in [2.05, 4.69) is 81.4 Å². The van der Waals surface area contributed by atoms with Crippen molar-refractivity contribution in [1.82, 2.24) is 0 Å². The molecule has 0 bridgehead atoms. The third-order valence-corrected chi connectivity index (χ3v) is 12.0. The summed E-state index contributed by atoms with van der Waals surface area (Å²) in [5.74, 6) is 3.39. The van der Waals surface area contributed by atoms with Crippen molar-refractivity contribution in [3.8, 4) is 0 Å². The molecule has 5 rings (SSSR count). The number of allylic oxidation sites excluding steroid dienone is 7. The molecule has 50 heavy (non-hydrogen) atoms. The lowest BCUT2D eigenvalue weighted by molar-refractivity contribution is -0.522. The zero-order chi connectivity index (χ0) is 36.4. The van der Waals surface area contributed by atoms with Crippen molar-refractivity contribution in [2.24, 2.45) is 34.5 Å². The molecule has 0 aromatic rings. The fourth-order valence-corrected chi connectivity index (χ4v) is 8.14. The van der Waals surface area contributed by atoms with Crippen LogP contribution in [0.1, 0.15) is 133 Å². The minimum atomic E-state index is -0.177. The Morgan fingerprint density at radius 3 is 1.94 bits per heavy atom. The Morgan fingerprint density at radius 2 is 1.40 bits per heavy atom. The van der Waals surface area contributed by atoms with Crippen molar-refractivity contribution in [3.63, 3.8) is 0 Å². The van der Waals surface area contributed by atoms with Gasteiger partial charge in [0.25, 0.3) is 6.10 Å². The molecule has 0 aromatic carbocycles. The molecule has 2 aliphatic heterocycles. The number of ketones is 2. The minimum Gasteiger partial charge on any atom is -0.506 e. The predicted molar refractivity (Wildman–Crippen MR) is 202 cm³/mol. The molecule has 6 heteroatoms. The molecule has 0 amide bonds. The van der Waals surface area contributed by atoms with Crippen molar-refractivity contribution in [1.29, 1.82) is 0 Å². The largest absolute Gasteiger partial charge is 0.506 e. The minimum absolute atomic E-state index is 0.00140. The first-order valence-electron chi connectivity index (χ1n) is 20.0. The van der Waals surface area contributed by atoms with Gasteiger partial charge in [0.1, 0.15) is 17.6 Å². The van der Waals surface area contributed by atoms with Crippen LogP contribution in [-0.2, 0) is 23.4 Å². The topological polar surface area (TPSA) is 76.3 Å². The Bertz CT molecular complexity index is 1420. The van der Waals surface area contributed by atoms with Crippen LogP contribution in [0.25, 0.3) is 0 Å². The fourth-order valence-electron chi connectivity index (χ4n) is 8.14. The Hall–Kier alpha value is -2.44. The van der Waals surface area contributed by atoms with Crippen molar-refractivity contribution >= 4 is 11.6 Å². The van der Waals surface area contributed by atoms with Gasteiger partial charge in [-0.2, -0.15) is 0 Å². The van der Waals surface area contributed by atoms with E-state index < -0.39 is 0 Å².